The lowest BCUT2D eigenvalue weighted by Gasteiger charge is -2.37. The maximum Gasteiger partial charge on any atom is 0.249 e. The van der Waals surface area contributed by atoms with E-state index >= 15 is 4.39 Å². The van der Waals surface area contributed by atoms with Crippen molar-refractivity contribution in [1.82, 2.24) is 15.2 Å². The number of nitrogens with one attached hydrogen (secondary N) is 2. The van der Waals surface area contributed by atoms with E-state index in [2.05, 4.69) is 20.4 Å². The van der Waals surface area contributed by atoms with Gasteiger partial charge < -0.3 is 15.0 Å². The van der Waals surface area contributed by atoms with Crippen molar-refractivity contribution in [3.8, 4) is 5.75 Å². The molecule has 1 aromatic carbocycles. The number of rotatable bonds is 7. The quantitative estimate of drug-likeness (QED) is 0.410. The van der Waals surface area contributed by atoms with E-state index in [4.69, 9.17) is 10.6 Å². The molecular formula is C23H35FN6O3. The molecule has 0 aromatic heterocycles. The second kappa shape index (κ2) is 10.7. The van der Waals surface area contributed by atoms with E-state index in [-0.39, 0.29) is 18.1 Å². The molecule has 0 aliphatic carbocycles. The van der Waals surface area contributed by atoms with Gasteiger partial charge in [-0.3, -0.25) is 25.6 Å². The Morgan fingerprint density at radius 3 is 2.52 bits per heavy atom. The van der Waals surface area contributed by atoms with Gasteiger partial charge in [0, 0.05) is 45.7 Å². The van der Waals surface area contributed by atoms with Crippen LogP contribution in [0.2, 0.25) is 0 Å². The van der Waals surface area contributed by atoms with Gasteiger partial charge in [-0.2, -0.15) is 0 Å². The molecule has 3 heterocycles. The van der Waals surface area contributed by atoms with Crippen molar-refractivity contribution in [1.29, 1.82) is 0 Å². The van der Waals surface area contributed by atoms with E-state index in [0.717, 1.165) is 51.7 Å². The number of benzene rings is 1. The molecule has 0 radical (unpaired) electrons. The first-order valence-corrected chi connectivity index (χ1v) is 11.9. The number of amides is 2. The Bertz CT molecular complexity index is 853. The highest BCUT2D eigenvalue weighted by molar-refractivity contribution is 6.01. The number of hydrazine groups is 1. The van der Waals surface area contributed by atoms with Crippen molar-refractivity contribution in [3.05, 3.63) is 17.9 Å². The van der Waals surface area contributed by atoms with Gasteiger partial charge in [-0.15, -0.1) is 0 Å². The maximum atomic E-state index is 15.4. The monoisotopic (exact) mass is 462 g/mol. The highest BCUT2D eigenvalue weighted by Crippen LogP contribution is 2.36. The third-order valence-corrected chi connectivity index (χ3v) is 7.07. The van der Waals surface area contributed by atoms with Gasteiger partial charge in [0.1, 0.15) is 6.04 Å². The van der Waals surface area contributed by atoms with Crippen molar-refractivity contribution >= 4 is 23.2 Å². The molecule has 3 fully saturated rings. The van der Waals surface area contributed by atoms with Crippen LogP contribution >= 0.6 is 0 Å². The SMILES string of the molecule is COc1c(NC2CCC(=O)NC2=O)ccc(N2CCN(CCC3CCN(N)CC3)CC2)c1F. The second-order valence-corrected chi connectivity index (χ2v) is 9.22. The van der Waals surface area contributed by atoms with Gasteiger partial charge >= 0.3 is 0 Å². The fourth-order valence-electron chi connectivity index (χ4n) is 4.94. The van der Waals surface area contributed by atoms with Gasteiger partial charge in [0.2, 0.25) is 11.8 Å². The Hall–Kier alpha value is -2.43. The first-order valence-electron chi connectivity index (χ1n) is 11.9. The number of hydrogen-bond acceptors (Lipinski definition) is 8. The highest BCUT2D eigenvalue weighted by Gasteiger charge is 2.29. The molecule has 1 aromatic rings. The normalized spacial score (nSPS) is 23.5. The Morgan fingerprint density at radius 1 is 1.12 bits per heavy atom. The Labute approximate surface area is 194 Å². The third-order valence-electron chi connectivity index (χ3n) is 7.07. The molecule has 3 saturated heterocycles. The number of nitrogens with zero attached hydrogens (tertiary/aromatic N) is 3. The fourth-order valence-corrected chi connectivity index (χ4v) is 4.94. The summed E-state index contributed by atoms with van der Waals surface area (Å²) in [4.78, 5) is 27.9. The Morgan fingerprint density at radius 2 is 1.85 bits per heavy atom. The summed E-state index contributed by atoms with van der Waals surface area (Å²) in [7, 11) is 1.42. The minimum atomic E-state index is -0.595. The highest BCUT2D eigenvalue weighted by atomic mass is 19.1. The molecule has 10 heteroatoms. The topological polar surface area (TPSA) is 103 Å². The predicted molar refractivity (Wildman–Crippen MR) is 125 cm³/mol. The Balaban J connectivity index is 1.33. The number of ether oxygens (including phenoxy) is 1. The van der Waals surface area contributed by atoms with Crippen molar-refractivity contribution < 1.29 is 18.7 Å². The number of carbonyl (C=O) groups is 2. The summed E-state index contributed by atoms with van der Waals surface area (Å²) < 4.78 is 20.7. The van der Waals surface area contributed by atoms with E-state index in [9.17, 15) is 9.59 Å². The zero-order chi connectivity index (χ0) is 23.4. The summed E-state index contributed by atoms with van der Waals surface area (Å²) in [6, 6.07) is 2.89. The van der Waals surface area contributed by atoms with E-state index in [1.165, 1.54) is 26.4 Å². The molecule has 3 aliphatic rings. The molecule has 2 amide bonds. The van der Waals surface area contributed by atoms with Gasteiger partial charge in [0.25, 0.3) is 0 Å². The molecule has 4 rings (SSSR count). The van der Waals surface area contributed by atoms with Crippen molar-refractivity contribution in [2.75, 3.05) is 63.1 Å². The van der Waals surface area contributed by atoms with E-state index in [1.807, 2.05) is 5.01 Å². The molecule has 0 spiro atoms. The summed E-state index contributed by atoms with van der Waals surface area (Å²) in [5.74, 6) is 5.56. The zero-order valence-corrected chi connectivity index (χ0v) is 19.3. The molecule has 182 valence electrons. The number of halogens is 1. The standard InChI is InChI=1S/C23H35FN6O3/c1-33-22-17(26-18-3-5-20(31)27-23(18)32)2-4-19(21(22)24)29-14-12-28(13-15-29)9-6-16-7-10-30(25)11-8-16/h2,4,16,18,26H,3,5-15,25H2,1H3,(H,27,31,32). The van der Waals surface area contributed by atoms with Crippen LogP contribution in [0.4, 0.5) is 15.8 Å². The van der Waals surface area contributed by atoms with Crippen molar-refractivity contribution in [2.45, 2.75) is 38.1 Å². The van der Waals surface area contributed by atoms with Crippen LogP contribution in [0.15, 0.2) is 12.1 Å². The van der Waals surface area contributed by atoms with E-state index < -0.39 is 17.8 Å². The number of nitrogens with two attached hydrogens (primary N) is 1. The van der Waals surface area contributed by atoms with Crippen molar-refractivity contribution in [2.24, 2.45) is 11.8 Å². The molecule has 9 nitrogen and oxygen atoms in total. The van der Waals surface area contributed by atoms with Gasteiger partial charge in [0.05, 0.1) is 18.5 Å². The van der Waals surface area contributed by atoms with Crippen molar-refractivity contribution in [3.63, 3.8) is 0 Å². The Kier molecular flexibility index (Phi) is 7.67. The molecule has 4 N–H and O–H groups in total. The predicted octanol–water partition coefficient (Wildman–Crippen LogP) is 1.15. The van der Waals surface area contributed by atoms with E-state index in [1.54, 1.807) is 12.1 Å². The number of methoxy groups -OCH3 is 1. The number of piperidine rings is 2. The lowest BCUT2D eigenvalue weighted by molar-refractivity contribution is -0.133. The van der Waals surface area contributed by atoms with Gasteiger partial charge in [-0.25, -0.2) is 9.40 Å². The first kappa shape index (κ1) is 23.7. The van der Waals surface area contributed by atoms with Crippen LogP contribution in [0.1, 0.15) is 32.1 Å². The average molecular weight is 463 g/mol. The lowest BCUT2D eigenvalue weighted by Crippen LogP contribution is -2.48. The number of imide groups is 1. The number of carbonyl (C=O) groups excluding carboxylic acids is 2. The fraction of sp³-hybridized carbons (Fsp3) is 0.652. The number of piperazine rings is 1. The first-order chi connectivity index (χ1) is 15.9. The third kappa shape index (κ3) is 5.74. The summed E-state index contributed by atoms with van der Waals surface area (Å²) in [6.07, 6.45) is 4.14. The smallest absolute Gasteiger partial charge is 0.249 e. The van der Waals surface area contributed by atoms with Gasteiger partial charge in [-0.1, -0.05) is 0 Å². The lowest BCUT2D eigenvalue weighted by atomic mass is 9.94. The largest absolute Gasteiger partial charge is 0.492 e. The second-order valence-electron chi connectivity index (χ2n) is 9.22. The molecule has 33 heavy (non-hydrogen) atoms. The summed E-state index contributed by atoms with van der Waals surface area (Å²) in [5.41, 5.74) is 0.922. The van der Waals surface area contributed by atoms with Crippen LogP contribution in [0.25, 0.3) is 0 Å². The van der Waals surface area contributed by atoms with Gasteiger partial charge in [0.15, 0.2) is 11.6 Å². The summed E-state index contributed by atoms with van der Waals surface area (Å²) in [6.45, 7) is 6.33. The minimum absolute atomic E-state index is 0.0888. The summed E-state index contributed by atoms with van der Waals surface area (Å²) in [5, 5.41) is 7.25. The van der Waals surface area contributed by atoms with E-state index in [0.29, 0.717) is 17.8 Å². The van der Waals surface area contributed by atoms with Crippen LogP contribution in [0.5, 0.6) is 5.75 Å². The minimum Gasteiger partial charge on any atom is -0.492 e. The van der Waals surface area contributed by atoms with Gasteiger partial charge in [-0.05, 0) is 50.3 Å². The maximum absolute atomic E-state index is 15.4. The average Bonchev–Trinajstić information content (AvgIpc) is 2.81. The molecule has 3 aliphatic heterocycles. The molecule has 1 unspecified atom stereocenters. The van der Waals surface area contributed by atoms with Crippen LogP contribution in [-0.4, -0.2) is 80.7 Å². The molecule has 1 atom stereocenters. The molecule has 0 bridgehead atoms. The van der Waals surface area contributed by atoms with Crippen LogP contribution in [-0.2, 0) is 9.59 Å². The van der Waals surface area contributed by atoms with Crippen LogP contribution < -0.4 is 26.1 Å². The summed E-state index contributed by atoms with van der Waals surface area (Å²) >= 11 is 0. The number of anilines is 2. The molecule has 0 saturated carbocycles. The van der Waals surface area contributed by atoms with Crippen LogP contribution in [0.3, 0.4) is 0 Å². The molecular weight excluding hydrogens is 427 g/mol. The number of hydrogen-bond donors (Lipinski definition) is 3. The van der Waals surface area contributed by atoms with Crippen LogP contribution in [0, 0.1) is 11.7 Å². The zero-order valence-electron chi connectivity index (χ0n) is 19.3.